The van der Waals surface area contributed by atoms with Crippen LogP contribution in [0.5, 0.6) is 0 Å². The van der Waals surface area contributed by atoms with Crippen molar-refractivity contribution in [2.45, 2.75) is 26.8 Å². The molecule has 0 unspecified atom stereocenters. The Hall–Kier alpha value is -1.42. The normalized spacial score (nSPS) is 10.7. The SMILES string of the molecule is CCCN(CC(=O)O)Cc1ccc(C)cn1. The molecule has 88 valence electrons. The van der Waals surface area contributed by atoms with Gasteiger partial charge in [-0.3, -0.25) is 14.7 Å². The summed E-state index contributed by atoms with van der Waals surface area (Å²) in [5, 5.41) is 8.77. The Morgan fingerprint density at radius 2 is 2.25 bits per heavy atom. The second-order valence-corrected chi connectivity index (χ2v) is 3.93. The maximum atomic E-state index is 10.7. The van der Waals surface area contributed by atoms with E-state index >= 15 is 0 Å². The summed E-state index contributed by atoms with van der Waals surface area (Å²) >= 11 is 0. The molecule has 16 heavy (non-hydrogen) atoms. The largest absolute Gasteiger partial charge is 0.480 e. The standard InChI is InChI=1S/C12H18N2O2/c1-3-6-14(9-12(15)16)8-11-5-4-10(2)7-13-11/h4-5,7H,3,6,8-9H2,1-2H3,(H,15,16). The second kappa shape index (κ2) is 6.23. The fraction of sp³-hybridized carbons (Fsp3) is 0.500. The van der Waals surface area contributed by atoms with Crippen molar-refractivity contribution >= 4 is 5.97 Å². The number of hydrogen-bond donors (Lipinski definition) is 1. The van der Waals surface area contributed by atoms with Crippen LogP contribution in [0.25, 0.3) is 0 Å². The quantitative estimate of drug-likeness (QED) is 0.795. The Bertz CT molecular complexity index is 335. The molecular formula is C12H18N2O2. The third-order valence-electron chi connectivity index (χ3n) is 2.26. The number of aryl methyl sites for hydroxylation is 1. The van der Waals surface area contributed by atoms with E-state index in [2.05, 4.69) is 4.98 Å². The molecule has 0 aliphatic rings. The highest BCUT2D eigenvalue weighted by atomic mass is 16.4. The lowest BCUT2D eigenvalue weighted by Gasteiger charge is -2.18. The fourth-order valence-electron chi connectivity index (χ4n) is 1.54. The van der Waals surface area contributed by atoms with Gasteiger partial charge in [0.2, 0.25) is 0 Å². The van der Waals surface area contributed by atoms with E-state index in [1.807, 2.05) is 30.9 Å². The number of carbonyl (C=O) groups is 1. The van der Waals surface area contributed by atoms with E-state index in [-0.39, 0.29) is 6.54 Å². The maximum absolute atomic E-state index is 10.7. The molecule has 0 saturated carbocycles. The highest BCUT2D eigenvalue weighted by molar-refractivity contribution is 5.69. The van der Waals surface area contributed by atoms with E-state index in [1.165, 1.54) is 0 Å². The Morgan fingerprint density at radius 1 is 1.50 bits per heavy atom. The molecule has 1 aromatic heterocycles. The number of aliphatic carboxylic acids is 1. The minimum atomic E-state index is -0.791. The predicted octanol–water partition coefficient (Wildman–Crippen LogP) is 1.69. The van der Waals surface area contributed by atoms with Gasteiger partial charge in [-0.2, -0.15) is 0 Å². The maximum Gasteiger partial charge on any atom is 0.317 e. The molecule has 0 atom stereocenters. The van der Waals surface area contributed by atoms with E-state index in [4.69, 9.17) is 5.11 Å². The average molecular weight is 222 g/mol. The molecule has 1 rings (SSSR count). The van der Waals surface area contributed by atoms with Gasteiger partial charge >= 0.3 is 5.97 Å². The van der Waals surface area contributed by atoms with Gasteiger partial charge in [-0.1, -0.05) is 13.0 Å². The van der Waals surface area contributed by atoms with Crippen molar-refractivity contribution in [2.75, 3.05) is 13.1 Å². The Morgan fingerprint density at radius 3 is 2.75 bits per heavy atom. The van der Waals surface area contributed by atoms with Crippen LogP contribution in [-0.4, -0.2) is 34.0 Å². The Balaban J connectivity index is 2.59. The lowest BCUT2D eigenvalue weighted by Crippen LogP contribution is -2.30. The number of aromatic nitrogens is 1. The Kier molecular flexibility index (Phi) is 4.92. The summed E-state index contributed by atoms with van der Waals surface area (Å²) in [6.45, 7) is 5.47. The molecule has 0 aliphatic carbocycles. The fourth-order valence-corrected chi connectivity index (χ4v) is 1.54. The molecular weight excluding hydrogens is 204 g/mol. The second-order valence-electron chi connectivity index (χ2n) is 3.93. The molecule has 0 aliphatic heterocycles. The van der Waals surface area contributed by atoms with Gasteiger partial charge in [0.25, 0.3) is 0 Å². The van der Waals surface area contributed by atoms with Crippen LogP contribution in [0, 0.1) is 6.92 Å². The lowest BCUT2D eigenvalue weighted by atomic mass is 10.2. The molecule has 0 bridgehead atoms. The van der Waals surface area contributed by atoms with Gasteiger partial charge in [-0.25, -0.2) is 0 Å². The van der Waals surface area contributed by atoms with Crippen LogP contribution >= 0.6 is 0 Å². The number of carboxylic acid groups (broad SMARTS) is 1. The summed E-state index contributed by atoms with van der Waals surface area (Å²) in [4.78, 5) is 16.8. The minimum absolute atomic E-state index is 0.0728. The van der Waals surface area contributed by atoms with Crippen molar-refractivity contribution in [2.24, 2.45) is 0 Å². The third kappa shape index (κ3) is 4.40. The van der Waals surface area contributed by atoms with Crippen LogP contribution in [0.2, 0.25) is 0 Å². The summed E-state index contributed by atoms with van der Waals surface area (Å²) in [7, 11) is 0. The van der Waals surface area contributed by atoms with Gasteiger partial charge in [-0.05, 0) is 31.5 Å². The predicted molar refractivity (Wildman–Crippen MR) is 62.2 cm³/mol. The molecule has 0 aromatic carbocycles. The van der Waals surface area contributed by atoms with Gasteiger partial charge in [0.05, 0.1) is 12.2 Å². The zero-order valence-electron chi connectivity index (χ0n) is 9.81. The highest BCUT2D eigenvalue weighted by Crippen LogP contribution is 2.03. The summed E-state index contributed by atoms with van der Waals surface area (Å²) in [6, 6.07) is 3.94. The van der Waals surface area contributed by atoms with Crippen LogP contribution in [0.1, 0.15) is 24.6 Å². The number of hydrogen-bond acceptors (Lipinski definition) is 3. The topological polar surface area (TPSA) is 53.4 Å². The third-order valence-corrected chi connectivity index (χ3v) is 2.26. The van der Waals surface area contributed by atoms with Crippen molar-refractivity contribution in [1.82, 2.24) is 9.88 Å². The van der Waals surface area contributed by atoms with Gasteiger partial charge < -0.3 is 5.11 Å². The van der Waals surface area contributed by atoms with Crippen LogP contribution in [0.4, 0.5) is 0 Å². The van der Waals surface area contributed by atoms with Gasteiger partial charge in [-0.15, -0.1) is 0 Å². The van der Waals surface area contributed by atoms with E-state index in [0.29, 0.717) is 6.54 Å². The van der Waals surface area contributed by atoms with E-state index in [1.54, 1.807) is 6.20 Å². The number of pyridine rings is 1. The lowest BCUT2D eigenvalue weighted by molar-refractivity contribution is -0.138. The Labute approximate surface area is 95.9 Å². The first-order valence-corrected chi connectivity index (χ1v) is 5.47. The molecule has 4 nitrogen and oxygen atoms in total. The van der Waals surface area contributed by atoms with E-state index in [0.717, 1.165) is 24.2 Å². The first-order chi connectivity index (χ1) is 7.61. The molecule has 0 amide bonds. The zero-order chi connectivity index (χ0) is 12.0. The summed E-state index contributed by atoms with van der Waals surface area (Å²) in [5.74, 6) is -0.791. The molecule has 1 heterocycles. The molecule has 4 heteroatoms. The van der Waals surface area contributed by atoms with Crippen molar-refractivity contribution < 1.29 is 9.90 Å². The first kappa shape index (κ1) is 12.6. The van der Waals surface area contributed by atoms with E-state index in [9.17, 15) is 4.79 Å². The summed E-state index contributed by atoms with van der Waals surface area (Å²) < 4.78 is 0. The number of nitrogens with zero attached hydrogens (tertiary/aromatic N) is 2. The zero-order valence-corrected chi connectivity index (χ0v) is 9.81. The summed E-state index contributed by atoms with van der Waals surface area (Å²) in [6.07, 6.45) is 2.75. The van der Waals surface area contributed by atoms with Crippen LogP contribution in [-0.2, 0) is 11.3 Å². The molecule has 0 fully saturated rings. The minimum Gasteiger partial charge on any atom is -0.480 e. The van der Waals surface area contributed by atoms with Crippen molar-refractivity contribution in [3.8, 4) is 0 Å². The van der Waals surface area contributed by atoms with Crippen LogP contribution in [0.3, 0.4) is 0 Å². The molecule has 1 aromatic rings. The van der Waals surface area contributed by atoms with Crippen molar-refractivity contribution in [1.29, 1.82) is 0 Å². The summed E-state index contributed by atoms with van der Waals surface area (Å²) in [5.41, 5.74) is 2.03. The van der Waals surface area contributed by atoms with Crippen LogP contribution in [0.15, 0.2) is 18.3 Å². The molecule has 0 saturated heterocycles. The smallest absolute Gasteiger partial charge is 0.317 e. The van der Waals surface area contributed by atoms with Crippen molar-refractivity contribution in [3.05, 3.63) is 29.6 Å². The molecule has 1 N–H and O–H groups in total. The first-order valence-electron chi connectivity index (χ1n) is 5.47. The van der Waals surface area contributed by atoms with Crippen molar-refractivity contribution in [3.63, 3.8) is 0 Å². The molecule has 0 spiro atoms. The van der Waals surface area contributed by atoms with Gasteiger partial charge in [0.15, 0.2) is 0 Å². The monoisotopic (exact) mass is 222 g/mol. The van der Waals surface area contributed by atoms with E-state index < -0.39 is 5.97 Å². The van der Waals surface area contributed by atoms with Gasteiger partial charge in [0, 0.05) is 12.7 Å². The van der Waals surface area contributed by atoms with Crippen LogP contribution < -0.4 is 0 Å². The van der Waals surface area contributed by atoms with Gasteiger partial charge in [0.1, 0.15) is 0 Å². The average Bonchev–Trinajstić information content (AvgIpc) is 2.21. The highest BCUT2D eigenvalue weighted by Gasteiger charge is 2.09. The number of carboxylic acids is 1. The number of rotatable bonds is 6. The molecule has 0 radical (unpaired) electrons.